The van der Waals surface area contributed by atoms with Crippen LogP contribution < -0.4 is 0 Å². The number of nitrogens with zero attached hydrogens (tertiary/aromatic N) is 2. The van der Waals surface area contributed by atoms with Crippen LogP contribution in [0.25, 0.3) is 0 Å². The Morgan fingerprint density at radius 2 is 1.80 bits per heavy atom. The molecule has 112 valence electrons. The molecule has 1 unspecified atom stereocenters. The Morgan fingerprint density at radius 1 is 1.20 bits per heavy atom. The zero-order chi connectivity index (χ0) is 14.5. The standard InChI is InChI=1S/C17H28N2O/c1-4-14-5-7-15(8-6-14)17(20)13-19-11-9-16(10-12-19)18(2)3/h5-8,16-17,20H,4,9-13H2,1-3H3. The molecule has 20 heavy (non-hydrogen) atoms. The van der Waals surface area contributed by atoms with Crippen LogP contribution in [0.5, 0.6) is 0 Å². The van der Waals surface area contributed by atoms with Crippen LogP contribution in [0, 0.1) is 0 Å². The molecule has 1 aromatic carbocycles. The largest absolute Gasteiger partial charge is 0.387 e. The van der Waals surface area contributed by atoms with Gasteiger partial charge in [-0.3, -0.25) is 0 Å². The molecular weight excluding hydrogens is 248 g/mol. The van der Waals surface area contributed by atoms with E-state index in [1.54, 1.807) is 0 Å². The predicted octanol–water partition coefficient (Wildman–Crippen LogP) is 2.31. The van der Waals surface area contributed by atoms with Gasteiger partial charge in [0.15, 0.2) is 0 Å². The number of rotatable bonds is 5. The molecule has 1 atom stereocenters. The van der Waals surface area contributed by atoms with E-state index in [0.717, 1.165) is 31.6 Å². The van der Waals surface area contributed by atoms with Gasteiger partial charge in [-0.15, -0.1) is 0 Å². The number of aryl methyl sites for hydroxylation is 1. The molecule has 0 aliphatic carbocycles. The minimum atomic E-state index is -0.364. The SMILES string of the molecule is CCc1ccc(C(O)CN2CCC(N(C)C)CC2)cc1. The van der Waals surface area contributed by atoms with E-state index in [0.29, 0.717) is 6.04 Å². The molecule has 1 aliphatic heterocycles. The van der Waals surface area contributed by atoms with Crippen LogP contribution in [0.15, 0.2) is 24.3 Å². The molecule has 2 rings (SSSR count). The number of likely N-dealkylation sites (tertiary alicyclic amines) is 1. The van der Waals surface area contributed by atoms with Crippen LogP contribution in [0.4, 0.5) is 0 Å². The highest BCUT2D eigenvalue weighted by Crippen LogP contribution is 2.19. The molecule has 0 spiro atoms. The Balaban J connectivity index is 1.84. The first-order chi connectivity index (χ1) is 9.60. The van der Waals surface area contributed by atoms with E-state index in [9.17, 15) is 5.11 Å². The summed E-state index contributed by atoms with van der Waals surface area (Å²) in [7, 11) is 4.31. The second kappa shape index (κ2) is 7.21. The van der Waals surface area contributed by atoms with Crippen molar-refractivity contribution in [2.45, 2.75) is 38.3 Å². The lowest BCUT2D eigenvalue weighted by atomic mass is 10.0. The van der Waals surface area contributed by atoms with Crippen molar-refractivity contribution >= 4 is 0 Å². The first-order valence-corrected chi connectivity index (χ1v) is 7.75. The summed E-state index contributed by atoms with van der Waals surface area (Å²) in [5, 5.41) is 10.4. The lowest BCUT2D eigenvalue weighted by Crippen LogP contribution is -2.43. The van der Waals surface area contributed by atoms with Crippen molar-refractivity contribution in [1.29, 1.82) is 0 Å². The van der Waals surface area contributed by atoms with E-state index in [-0.39, 0.29) is 6.10 Å². The Morgan fingerprint density at radius 3 is 2.30 bits per heavy atom. The van der Waals surface area contributed by atoms with Gasteiger partial charge in [0.1, 0.15) is 0 Å². The van der Waals surface area contributed by atoms with Crippen molar-refractivity contribution in [3.63, 3.8) is 0 Å². The van der Waals surface area contributed by atoms with Gasteiger partial charge in [0.2, 0.25) is 0 Å². The first kappa shape index (κ1) is 15.5. The molecule has 0 radical (unpaired) electrons. The van der Waals surface area contributed by atoms with Crippen molar-refractivity contribution in [2.75, 3.05) is 33.7 Å². The summed E-state index contributed by atoms with van der Waals surface area (Å²) in [4.78, 5) is 4.70. The maximum Gasteiger partial charge on any atom is 0.0916 e. The molecule has 1 fully saturated rings. The molecule has 0 saturated carbocycles. The first-order valence-electron chi connectivity index (χ1n) is 7.75. The summed E-state index contributed by atoms with van der Waals surface area (Å²) in [6, 6.07) is 9.08. The topological polar surface area (TPSA) is 26.7 Å². The number of piperidine rings is 1. The lowest BCUT2D eigenvalue weighted by molar-refractivity contribution is 0.0798. The fraction of sp³-hybridized carbons (Fsp3) is 0.647. The third kappa shape index (κ3) is 4.05. The van der Waals surface area contributed by atoms with Crippen molar-refractivity contribution in [1.82, 2.24) is 9.80 Å². The fourth-order valence-corrected chi connectivity index (χ4v) is 2.94. The van der Waals surface area contributed by atoms with Crippen molar-refractivity contribution < 1.29 is 5.11 Å². The van der Waals surface area contributed by atoms with Crippen molar-refractivity contribution in [2.24, 2.45) is 0 Å². The smallest absolute Gasteiger partial charge is 0.0916 e. The van der Waals surface area contributed by atoms with Gasteiger partial charge < -0.3 is 14.9 Å². The van der Waals surface area contributed by atoms with Gasteiger partial charge >= 0.3 is 0 Å². The van der Waals surface area contributed by atoms with Gasteiger partial charge in [0.25, 0.3) is 0 Å². The van der Waals surface area contributed by atoms with E-state index in [1.807, 2.05) is 0 Å². The average Bonchev–Trinajstić information content (AvgIpc) is 2.48. The molecule has 1 aromatic rings. The second-order valence-electron chi connectivity index (χ2n) is 6.11. The fourth-order valence-electron chi connectivity index (χ4n) is 2.94. The number of benzene rings is 1. The summed E-state index contributed by atoms with van der Waals surface area (Å²) in [5.41, 5.74) is 2.37. The van der Waals surface area contributed by atoms with E-state index in [1.165, 1.54) is 18.4 Å². The van der Waals surface area contributed by atoms with Gasteiger partial charge in [-0.1, -0.05) is 31.2 Å². The van der Waals surface area contributed by atoms with Crippen LogP contribution in [0.1, 0.15) is 37.0 Å². The van der Waals surface area contributed by atoms with Crippen LogP contribution in [0.2, 0.25) is 0 Å². The highest BCUT2D eigenvalue weighted by molar-refractivity contribution is 5.24. The molecule has 1 heterocycles. The molecule has 3 heteroatoms. The summed E-state index contributed by atoms with van der Waals surface area (Å²) in [5.74, 6) is 0. The average molecular weight is 276 g/mol. The van der Waals surface area contributed by atoms with Crippen LogP contribution in [-0.2, 0) is 6.42 Å². The molecule has 3 nitrogen and oxygen atoms in total. The summed E-state index contributed by atoms with van der Waals surface area (Å²) >= 11 is 0. The summed E-state index contributed by atoms with van der Waals surface area (Å²) in [6.45, 7) is 5.09. The van der Waals surface area contributed by atoms with Gasteiger partial charge in [-0.2, -0.15) is 0 Å². The molecule has 1 N–H and O–H groups in total. The Labute approximate surface area is 123 Å². The highest BCUT2D eigenvalue weighted by Gasteiger charge is 2.22. The maximum absolute atomic E-state index is 10.4. The number of aliphatic hydroxyl groups is 1. The lowest BCUT2D eigenvalue weighted by Gasteiger charge is -2.36. The minimum Gasteiger partial charge on any atom is -0.387 e. The minimum absolute atomic E-state index is 0.364. The molecule has 1 aliphatic rings. The molecule has 0 aromatic heterocycles. The second-order valence-corrected chi connectivity index (χ2v) is 6.11. The number of hydrogen-bond acceptors (Lipinski definition) is 3. The predicted molar refractivity (Wildman–Crippen MR) is 83.9 cm³/mol. The highest BCUT2D eigenvalue weighted by atomic mass is 16.3. The van der Waals surface area contributed by atoms with Crippen molar-refractivity contribution in [3.05, 3.63) is 35.4 Å². The van der Waals surface area contributed by atoms with Crippen LogP contribution in [-0.4, -0.2) is 54.7 Å². The Kier molecular flexibility index (Phi) is 5.58. The Bertz CT molecular complexity index is 394. The molecule has 0 amide bonds. The molecular formula is C17H28N2O. The Hall–Kier alpha value is -0.900. The van der Waals surface area contributed by atoms with E-state index in [4.69, 9.17) is 0 Å². The number of β-amino-alcohol motifs (C(OH)–C–C–N with tert-alkyl or cyclic N) is 1. The van der Waals surface area contributed by atoms with Gasteiger partial charge in [0, 0.05) is 12.6 Å². The number of aliphatic hydroxyl groups excluding tert-OH is 1. The van der Waals surface area contributed by atoms with Gasteiger partial charge in [-0.25, -0.2) is 0 Å². The van der Waals surface area contributed by atoms with E-state index >= 15 is 0 Å². The van der Waals surface area contributed by atoms with Gasteiger partial charge in [-0.05, 0) is 57.6 Å². The molecule has 0 bridgehead atoms. The van der Waals surface area contributed by atoms with E-state index in [2.05, 4.69) is 55.1 Å². The quantitative estimate of drug-likeness (QED) is 0.894. The van der Waals surface area contributed by atoms with Crippen molar-refractivity contribution in [3.8, 4) is 0 Å². The monoisotopic (exact) mass is 276 g/mol. The zero-order valence-corrected chi connectivity index (χ0v) is 13.0. The van der Waals surface area contributed by atoms with Gasteiger partial charge in [0.05, 0.1) is 6.10 Å². The maximum atomic E-state index is 10.4. The third-order valence-corrected chi connectivity index (χ3v) is 4.49. The summed E-state index contributed by atoms with van der Waals surface area (Å²) in [6.07, 6.45) is 3.09. The molecule has 1 saturated heterocycles. The third-order valence-electron chi connectivity index (χ3n) is 4.49. The number of hydrogen-bond donors (Lipinski definition) is 1. The summed E-state index contributed by atoms with van der Waals surface area (Å²) < 4.78 is 0. The van der Waals surface area contributed by atoms with E-state index < -0.39 is 0 Å². The normalized spacial score (nSPS) is 19.4. The van der Waals surface area contributed by atoms with Crippen LogP contribution >= 0.6 is 0 Å². The zero-order valence-electron chi connectivity index (χ0n) is 13.0. The van der Waals surface area contributed by atoms with Crippen LogP contribution in [0.3, 0.4) is 0 Å².